The molecule has 9 heteroatoms. The number of nitrogens with one attached hydrogen (secondary N) is 1. The number of rotatable bonds is 10. The minimum atomic E-state index is -0.533. The standard InChI is InChI=1S/C34H33BrN4O4/c1-4-30(32-36-28-13-9-8-12-27(28)33(40)39(32)25-16-14-24(35)15-17-25)38(21-20-23-10-6-5-7-11-23)34(41)37-29-19-18-26(42-2)22-31(29)43-3/h5-19,22,30H,4,20-21H2,1-3H3,(H,37,41). The third-order valence-corrected chi connectivity index (χ3v) is 7.87. The SMILES string of the molecule is CCC(c1nc2ccccc2c(=O)n1-c1ccc(Br)cc1)N(CCc1ccccc1)C(=O)Nc1ccc(OC)cc1OC. The van der Waals surface area contributed by atoms with Crippen LogP contribution >= 0.6 is 15.9 Å². The highest BCUT2D eigenvalue weighted by Crippen LogP contribution is 2.32. The van der Waals surface area contributed by atoms with Gasteiger partial charge in [0.1, 0.15) is 17.3 Å². The Hall–Kier alpha value is -4.63. The molecule has 220 valence electrons. The number of anilines is 1. The maximum absolute atomic E-state index is 14.2. The van der Waals surface area contributed by atoms with Crippen molar-refractivity contribution in [3.8, 4) is 17.2 Å². The molecular formula is C34H33BrN4O4. The molecule has 1 aromatic heterocycles. The molecule has 0 aliphatic carbocycles. The molecule has 0 saturated heterocycles. The number of carbonyl (C=O) groups is 1. The number of carbonyl (C=O) groups excluding carboxylic acids is 1. The van der Waals surface area contributed by atoms with Gasteiger partial charge in [-0.2, -0.15) is 0 Å². The number of nitrogens with zero attached hydrogens (tertiary/aromatic N) is 3. The molecule has 0 fully saturated rings. The van der Waals surface area contributed by atoms with Crippen LogP contribution in [-0.4, -0.2) is 41.2 Å². The van der Waals surface area contributed by atoms with E-state index in [-0.39, 0.29) is 11.6 Å². The summed E-state index contributed by atoms with van der Waals surface area (Å²) in [6, 6.07) is 29.2. The molecule has 1 N–H and O–H groups in total. The molecule has 0 spiro atoms. The van der Waals surface area contributed by atoms with Crippen molar-refractivity contribution in [1.29, 1.82) is 0 Å². The number of hydrogen-bond donors (Lipinski definition) is 1. The van der Waals surface area contributed by atoms with Gasteiger partial charge >= 0.3 is 6.03 Å². The molecule has 5 rings (SSSR count). The number of fused-ring (bicyclic) bond motifs is 1. The number of methoxy groups -OCH3 is 2. The van der Waals surface area contributed by atoms with Crippen LogP contribution in [0.1, 0.15) is 30.8 Å². The molecule has 0 aliphatic rings. The van der Waals surface area contributed by atoms with Gasteiger partial charge < -0.3 is 19.7 Å². The molecule has 1 heterocycles. The molecular weight excluding hydrogens is 608 g/mol. The van der Waals surface area contributed by atoms with Gasteiger partial charge in [0.25, 0.3) is 5.56 Å². The zero-order valence-electron chi connectivity index (χ0n) is 24.3. The molecule has 0 aliphatic heterocycles. The van der Waals surface area contributed by atoms with Crippen molar-refractivity contribution in [2.24, 2.45) is 0 Å². The molecule has 5 aromatic rings. The van der Waals surface area contributed by atoms with Crippen molar-refractivity contribution in [1.82, 2.24) is 14.5 Å². The smallest absolute Gasteiger partial charge is 0.322 e. The van der Waals surface area contributed by atoms with Crippen LogP contribution in [0, 0.1) is 0 Å². The highest BCUT2D eigenvalue weighted by atomic mass is 79.9. The lowest BCUT2D eigenvalue weighted by atomic mass is 10.1. The van der Waals surface area contributed by atoms with E-state index in [0.29, 0.717) is 59.0 Å². The fourth-order valence-electron chi connectivity index (χ4n) is 5.14. The minimum absolute atomic E-state index is 0.193. The van der Waals surface area contributed by atoms with Gasteiger partial charge in [-0.1, -0.05) is 65.3 Å². The van der Waals surface area contributed by atoms with E-state index in [1.165, 1.54) is 0 Å². The number of amides is 2. The number of urea groups is 1. The highest BCUT2D eigenvalue weighted by molar-refractivity contribution is 9.10. The van der Waals surface area contributed by atoms with Gasteiger partial charge in [0.15, 0.2) is 0 Å². The Morgan fingerprint density at radius 1 is 0.953 bits per heavy atom. The van der Waals surface area contributed by atoms with Crippen LogP contribution in [0.2, 0.25) is 0 Å². The second kappa shape index (κ2) is 13.6. The summed E-state index contributed by atoms with van der Waals surface area (Å²) in [6.07, 6.45) is 1.13. The van der Waals surface area contributed by atoms with Gasteiger partial charge in [0, 0.05) is 17.1 Å². The van der Waals surface area contributed by atoms with Crippen molar-refractivity contribution in [2.75, 3.05) is 26.1 Å². The highest BCUT2D eigenvalue weighted by Gasteiger charge is 2.29. The van der Waals surface area contributed by atoms with Crippen molar-refractivity contribution in [3.63, 3.8) is 0 Å². The zero-order valence-corrected chi connectivity index (χ0v) is 25.9. The van der Waals surface area contributed by atoms with Crippen LogP contribution in [0.3, 0.4) is 0 Å². The summed E-state index contributed by atoms with van der Waals surface area (Å²) < 4.78 is 13.4. The number of aromatic nitrogens is 2. The largest absolute Gasteiger partial charge is 0.497 e. The minimum Gasteiger partial charge on any atom is -0.497 e. The Kier molecular flexibility index (Phi) is 9.41. The summed E-state index contributed by atoms with van der Waals surface area (Å²) in [5, 5.41) is 3.54. The lowest BCUT2D eigenvalue weighted by Gasteiger charge is -2.32. The molecule has 2 amide bonds. The molecule has 1 atom stereocenters. The third kappa shape index (κ3) is 6.57. The lowest BCUT2D eigenvalue weighted by Crippen LogP contribution is -2.42. The Bertz CT molecular complexity index is 1770. The predicted molar refractivity (Wildman–Crippen MR) is 173 cm³/mol. The van der Waals surface area contributed by atoms with E-state index in [9.17, 15) is 9.59 Å². The van der Waals surface area contributed by atoms with Crippen molar-refractivity contribution in [3.05, 3.63) is 123 Å². The molecule has 0 saturated carbocycles. The quantitative estimate of drug-likeness (QED) is 0.172. The summed E-state index contributed by atoms with van der Waals surface area (Å²) in [5.74, 6) is 1.57. The van der Waals surface area contributed by atoms with Crippen molar-refractivity contribution >= 4 is 38.6 Å². The van der Waals surface area contributed by atoms with Gasteiger partial charge in [0.05, 0.1) is 42.5 Å². The maximum Gasteiger partial charge on any atom is 0.322 e. The normalized spacial score (nSPS) is 11.6. The first-order chi connectivity index (χ1) is 20.9. The van der Waals surface area contributed by atoms with Gasteiger partial charge in [-0.3, -0.25) is 9.36 Å². The van der Waals surface area contributed by atoms with Gasteiger partial charge in [0.2, 0.25) is 0 Å². The summed E-state index contributed by atoms with van der Waals surface area (Å²) in [5.41, 5.74) is 2.65. The topological polar surface area (TPSA) is 85.7 Å². The Morgan fingerprint density at radius 2 is 1.67 bits per heavy atom. The van der Waals surface area contributed by atoms with E-state index in [4.69, 9.17) is 14.5 Å². The number of ether oxygens (including phenoxy) is 2. The molecule has 0 radical (unpaired) electrons. The summed E-state index contributed by atoms with van der Waals surface area (Å²) >= 11 is 3.49. The average Bonchev–Trinajstić information content (AvgIpc) is 3.04. The van der Waals surface area contributed by atoms with Crippen LogP contribution < -0.4 is 20.3 Å². The molecule has 8 nitrogen and oxygen atoms in total. The summed E-state index contributed by atoms with van der Waals surface area (Å²) in [6.45, 7) is 2.38. The third-order valence-electron chi connectivity index (χ3n) is 7.34. The average molecular weight is 642 g/mol. The number of hydrogen-bond acceptors (Lipinski definition) is 5. The second-order valence-corrected chi connectivity index (χ2v) is 10.9. The Labute approximate surface area is 259 Å². The predicted octanol–water partition coefficient (Wildman–Crippen LogP) is 7.39. The Balaban J connectivity index is 1.63. The van der Waals surface area contributed by atoms with Crippen LogP contribution in [0.4, 0.5) is 10.5 Å². The lowest BCUT2D eigenvalue weighted by molar-refractivity contribution is 0.182. The van der Waals surface area contributed by atoms with Crippen LogP contribution in [-0.2, 0) is 6.42 Å². The number of para-hydroxylation sites is 1. The first-order valence-electron chi connectivity index (χ1n) is 14.0. The molecule has 43 heavy (non-hydrogen) atoms. The van der Waals surface area contributed by atoms with E-state index in [1.807, 2.05) is 79.7 Å². The summed E-state index contributed by atoms with van der Waals surface area (Å²) in [4.78, 5) is 35.0. The van der Waals surface area contributed by atoms with Gasteiger partial charge in [-0.05, 0) is 66.9 Å². The van der Waals surface area contributed by atoms with E-state index < -0.39 is 6.04 Å². The van der Waals surface area contributed by atoms with Crippen LogP contribution in [0.5, 0.6) is 11.5 Å². The van der Waals surface area contributed by atoms with E-state index >= 15 is 0 Å². The van der Waals surface area contributed by atoms with Crippen molar-refractivity contribution in [2.45, 2.75) is 25.8 Å². The molecule has 1 unspecified atom stereocenters. The fraction of sp³-hybridized carbons (Fsp3) is 0.206. The monoisotopic (exact) mass is 640 g/mol. The first kappa shape index (κ1) is 29.8. The fourth-order valence-corrected chi connectivity index (χ4v) is 5.40. The van der Waals surface area contributed by atoms with Gasteiger partial charge in [-0.15, -0.1) is 0 Å². The molecule has 4 aromatic carbocycles. The maximum atomic E-state index is 14.2. The van der Waals surface area contributed by atoms with E-state index in [0.717, 1.165) is 10.0 Å². The number of benzene rings is 4. The van der Waals surface area contributed by atoms with Crippen LogP contribution in [0.25, 0.3) is 16.6 Å². The van der Waals surface area contributed by atoms with E-state index in [1.54, 1.807) is 48.0 Å². The van der Waals surface area contributed by atoms with E-state index in [2.05, 4.69) is 21.2 Å². The first-order valence-corrected chi connectivity index (χ1v) is 14.8. The van der Waals surface area contributed by atoms with Gasteiger partial charge in [-0.25, -0.2) is 9.78 Å². The zero-order chi connectivity index (χ0) is 30.3. The van der Waals surface area contributed by atoms with Crippen molar-refractivity contribution < 1.29 is 14.3 Å². The van der Waals surface area contributed by atoms with Crippen LogP contribution in [0.15, 0.2) is 106 Å². The molecule has 0 bridgehead atoms. The number of halogens is 1. The summed E-state index contributed by atoms with van der Waals surface area (Å²) in [7, 11) is 3.12. The second-order valence-electron chi connectivity index (χ2n) is 9.95. The Morgan fingerprint density at radius 3 is 2.37 bits per heavy atom.